The number of hydrogen-bond acceptors (Lipinski definition) is 3. The quantitative estimate of drug-likeness (QED) is 0.403. The molecule has 0 saturated carbocycles. The minimum atomic E-state index is 0. The van der Waals surface area contributed by atoms with Crippen LogP contribution in [0.3, 0.4) is 0 Å². The Morgan fingerprint density at radius 2 is 1.74 bits per heavy atom. The van der Waals surface area contributed by atoms with E-state index in [1.54, 1.807) is 0 Å². The van der Waals surface area contributed by atoms with Crippen molar-refractivity contribution in [1.82, 2.24) is 15.1 Å². The van der Waals surface area contributed by atoms with Gasteiger partial charge >= 0.3 is 0 Å². The van der Waals surface area contributed by atoms with Gasteiger partial charge in [0.25, 0.3) is 0 Å². The molecule has 2 heterocycles. The van der Waals surface area contributed by atoms with Crippen molar-refractivity contribution in [3.05, 3.63) is 35.4 Å². The zero-order chi connectivity index (χ0) is 18.4. The van der Waals surface area contributed by atoms with E-state index in [1.807, 2.05) is 7.05 Å². The van der Waals surface area contributed by atoms with Crippen molar-refractivity contribution in [3.8, 4) is 0 Å². The molecule has 6 heteroatoms. The van der Waals surface area contributed by atoms with Crippen LogP contribution >= 0.6 is 24.0 Å². The number of piperidine rings is 1. The number of ether oxygens (including phenoxy) is 1. The number of morpholine rings is 1. The van der Waals surface area contributed by atoms with Gasteiger partial charge in [0.05, 0.1) is 13.2 Å². The second kappa shape index (κ2) is 11.2. The molecule has 2 unspecified atom stereocenters. The maximum atomic E-state index is 5.47. The van der Waals surface area contributed by atoms with Gasteiger partial charge in [0.1, 0.15) is 0 Å². The second-order valence-corrected chi connectivity index (χ2v) is 7.91. The van der Waals surface area contributed by atoms with E-state index in [4.69, 9.17) is 4.74 Å². The summed E-state index contributed by atoms with van der Waals surface area (Å²) in [5.74, 6) is 2.49. The fourth-order valence-electron chi connectivity index (χ4n) is 4.23. The van der Waals surface area contributed by atoms with Crippen LogP contribution in [-0.2, 0) is 17.8 Å². The highest BCUT2D eigenvalue weighted by Crippen LogP contribution is 2.21. The Morgan fingerprint density at radius 3 is 2.37 bits per heavy atom. The molecule has 5 nitrogen and oxygen atoms in total. The molecule has 2 fully saturated rings. The summed E-state index contributed by atoms with van der Waals surface area (Å²) in [7, 11) is 1.89. The number of aliphatic imine (C=N–C) groups is 1. The summed E-state index contributed by atoms with van der Waals surface area (Å²) in [5.41, 5.74) is 2.76. The molecule has 2 atom stereocenters. The van der Waals surface area contributed by atoms with Gasteiger partial charge < -0.3 is 15.0 Å². The lowest BCUT2D eigenvalue weighted by atomic mass is 9.92. The van der Waals surface area contributed by atoms with Crippen LogP contribution in [-0.4, -0.2) is 62.2 Å². The third-order valence-electron chi connectivity index (χ3n) is 5.43. The minimum Gasteiger partial charge on any atom is -0.379 e. The van der Waals surface area contributed by atoms with Gasteiger partial charge in [0.15, 0.2) is 5.96 Å². The second-order valence-electron chi connectivity index (χ2n) is 7.91. The van der Waals surface area contributed by atoms with Gasteiger partial charge in [-0.05, 0) is 29.4 Å². The molecular formula is C21H35IN4O. The van der Waals surface area contributed by atoms with E-state index in [-0.39, 0.29) is 24.0 Å². The Hall–Kier alpha value is -0.860. The summed E-state index contributed by atoms with van der Waals surface area (Å²) >= 11 is 0. The summed E-state index contributed by atoms with van der Waals surface area (Å²) in [4.78, 5) is 9.44. The topological polar surface area (TPSA) is 40.1 Å². The average molecular weight is 486 g/mol. The van der Waals surface area contributed by atoms with Gasteiger partial charge in [-0.3, -0.25) is 9.89 Å². The van der Waals surface area contributed by atoms with Crippen LogP contribution < -0.4 is 5.32 Å². The first-order valence-corrected chi connectivity index (χ1v) is 9.98. The number of guanidine groups is 1. The van der Waals surface area contributed by atoms with Crippen molar-refractivity contribution in [2.24, 2.45) is 16.8 Å². The van der Waals surface area contributed by atoms with E-state index in [0.717, 1.165) is 70.3 Å². The maximum Gasteiger partial charge on any atom is 0.193 e. The predicted octanol–water partition coefficient (Wildman–Crippen LogP) is 3.19. The first kappa shape index (κ1) is 22.4. The molecule has 0 amide bonds. The third-order valence-corrected chi connectivity index (χ3v) is 5.43. The Morgan fingerprint density at radius 1 is 1.11 bits per heavy atom. The molecule has 2 aliphatic heterocycles. The van der Waals surface area contributed by atoms with E-state index >= 15 is 0 Å². The molecule has 0 aliphatic carbocycles. The number of halogens is 1. The van der Waals surface area contributed by atoms with Crippen molar-refractivity contribution in [2.75, 3.05) is 46.4 Å². The van der Waals surface area contributed by atoms with Crippen molar-refractivity contribution >= 4 is 29.9 Å². The molecule has 152 valence electrons. The maximum absolute atomic E-state index is 5.47. The first-order valence-electron chi connectivity index (χ1n) is 9.98. The van der Waals surface area contributed by atoms with E-state index in [9.17, 15) is 0 Å². The fraction of sp³-hybridized carbons (Fsp3) is 0.667. The van der Waals surface area contributed by atoms with Crippen LogP contribution in [0.5, 0.6) is 0 Å². The van der Waals surface area contributed by atoms with Crippen molar-refractivity contribution in [2.45, 2.75) is 33.4 Å². The van der Waals surface area contributed by atoms with Crippen LogP contribution in [0.15, 0.2) is 29.3 Å². The third kappa shape index (κ3) is 6.61. The van der Waals surface area contributed by atoms with E-state index in [1.165, 1.54) is 17.5 Å². The summed E-state index contributed by atoms with van der Waals surface area (Å²) in [6.07, 6.45) is 1.32. The number of hydrogen-bond donors (Lipinski definition) is 1. The highest BCUT2D eigenvalue weighted by atomic mass is 127. The van der Waals surface area contributed by atoms with Crippen LogP contribution in [0.2, 0.25) is 0 Å². The summed E-state index contributed by atoms with van der Waals surface area (Å²) in [6, 6.07) is 8.76. The van der Waals surface area contributed by atoms with Gasteiger partial charge in [-0.2, -0.15) is 0 Å². The Kier molecular flexibility index (Phi) is 9.32. The lowest BCUT2D eigenvalue weighted by Gasteiger charge is -2.37. The monoisotopic (exact) mass is 486 g/mol. The van der Waals surface area contributed by atoms with Gasteiger partial charge in [-0.15, -0.1) is 24.0 Å². The van der Waals surface area contributed by atoms with Gasteiger partial charge in [-0.25, -0.2) is 0 Å². The zero-order valence-electron chi connectivity index (χ0n) is 17.0. The van der Waals surface area contributed by atoms with Crippen LogP contribution in [0.25, 0.3) is 0 Å². The Balaban J connectivity index is 0.00000261. The standard InChI is InChI=1S/C21H34N4O.HI/c1-17-12-18(2)15-25(14-17)21(22-3)23-13-19-6-4-5-7-20(19)16-24-8-10-26-11-9-24;/h4-7,17-18H,8-16H2,1-3H3,(H,22,23);1H. The molecular weight excluding hydrogens is 451 g/mol. The highest BCUT2D eigenvalue weighted by molar-refractivity contribution is 14.0. The number of benzene rings is 1. The summed E-state index contributed by atoms with van der Waals surface area (Å²) in [6.45, 7) is 12.4. The first-order chi connectivity index (χ1) is 12.7. The minimum absolute atomic E-state index is 0. The molecule has 0 radical (unpaired) electrons. The highest BCUT2D eigenvalue weighted by Gasteiger charge is 2.24. The number of nitrogens with one attached hydrogen (secondary N) is 1. The molecule has 1 aromatic rings. The smallest absolute Gasteiger partial charge is 0.193 e. The molecule has 3 rings (SSSR count). The van der Waals surface area contributed by atoms with E-state index in [2.05, 4.69) is 58.2 Å². The SMILES string of the molecule is CN=C(NCc1ccccc1CN1CCOCC1)N1CC(C)CC(C)C1.I. The van der Waals surface area contributed by atoms with Gasteiger partial charge in [0.2, 0.25) is 0 Å². The molecule has 2 saturated heterocycles. The number of nitrogens with zero attached hydrogens (tertiary/aromatic N) is 3. The summed E-state index contributed by atoms with van der Waals surface area (Å²) in [5, 5.41) is 3.61. The largest absolute Gasteiger partial charge is 0.379 e. The fourth-order valence-corrected chi connectivity index (χ4v) is 4.23. The molecule has 2 aliphatic rings. The van der Waals surface area contributed by atoms with Crippen LogP contribution in [0.1, 0.15) is 31.4 Å². The van der Waals surface area contributed by atoms with Crippen LogP contribution in [0, 0.1) is 11.8 Å². The average Bonchev–Trinajstić information content (AvgIpc) is 2.63. The lowest BCUT2D eigenvalue weighted by molar-refractivity contribution is 0.0341. The number of rotatable bonds is 4. The predicted molar refractivity (Wildman–Crippen MR) is 123 cm³/mol. The van der Waals surface area contributed by atoms with Crippen molar-refractivity contribution < 1.29 is 4.74 Å². The normalized spacial score (nSPS) is 24.4. The van der Waals surface area contributed by atoms with E-state index in [0.29, 0.717) is 0 Å². The number of likely N-dealkylation sites (tertiary alicyclic amines) is 1. The molecule has 1 aromatic carbocycles. The Bertz CT molecular complexity index is 594. The lowest BCUT2D eigenvalue weighted by Crippen LogP contribution is -2.48. The van der Waals surface area contributed by atoms with Crippen LogP contribution in [0.4, 0.5) is 0 Å². The van der Waals surface area contributed by atoms with E-state index < -0.39 is 0 Å². The Labute approximate surface area is 181 Å². The van der Waals surface area contributed by atoms with Gasteiger partial charge in [0, 0.05) is 46.3 Å². The molecule has 27 heavy (non-hydrogen) atoms. The molecule has 1 N–H and O–H groups in total. The molecule has 0 spiro atoms. The molecule has 0 bridgehead atoms. The van der Waals surface area contributed by atoms with Gasteiger partial charge in [-0.1, -0.05) is 38.1 Å². The van der Waals surface area contributed by atoms with Crippen molar-refractivity contribution in [1.29, 1.82) is 0 Å². The molecule has 0 aromatic heterocycles. The zero-order valence-corrected chi connectivity index (χ0v) is 19.3. The summed E-state index contributed by atoms with van der Waals surface area (Å²) < 4.78 is 5.47. The van der Waals surface area contributed by atoms with Crippen molar-refractivity contribution in [3.63, 3.8) is 0 Å².